The molecule has 2 aromatic rings. The maximum absolute atomic E-state index is 12.9. The number of aryl methyl sites for hydroxylation is 2. The van der Waals surface area contributed by atoms with E-state index in [0.717, 1.165) is 73.2 Å². The Hall–Kier alpha value is -1.96. The summed E-state index contributed by atoms with van der Waals surface area (Å²) in [6.07, 6.45) is 2.39. The van der Waals surface area contributed by atoms with Crippen LogP contribution in [-0.4, -0.2) is 65.3 Å². The summed E-state index contributed by atoms with van der Waals surface area (Å²) in [4.78, 5) is 20.5. The van der Waals surface area contributed by atoms with Crippen LogP contribution < -0.4 is 10.9 Å². The molecular weight excluding hydrogens is 408 g/mol. The highest BCUT2D eigenvalue weighted by Gasteiger charge is 2.19. The molecule has 7 heteroatoms. The van der Waals surface area contributed by atoms with E-state index in [1.807, 2.05) is 19.1 Å². The fourth-order valence-corrected chi connectivity index (χ4v) is 4.35. The standard InChI is InChI=1S/C24H36N4O2S/c1-5-27(6-2)11-12-28(24(31)25-15-20-8-7-13-30-20)16-19-14-21-17(3)9-10-18(4)22(21)26-23(19)29/h9-10,14,20H,5-8,11-13,15-16H2,1-4H3,(H,25,31)(H,26,29). The predicted molar refractivity (Wildman–Crippen MR) is 132 cm³/mol. The number of nitrogens with one attached hydrogen (secondary N) is 2. The number of ether oxygens (including phenoxy) is 1. The molecule has 0 bridgehead atoms. The average Bonchev–Trinajstić information content (AvgIpc) is 3.29. The first kappa shape index (κ1) is 23.7. The Kier molecular flexibility index (Phi) is 8.46. The normalized spacial score (nSPS) is 16.2. The van der Waals surface area contributed by atoms with Gasteiger partial charge in [-0.25, -0.2) is 0 Å². The van der Waals surface area contributed by atoms with Gasteiger partial charge in [0.05, 0.1) is 18.2 Å². The number of fused-ring (bicyclic) bond motifs is 1. The van der Waals surface area contributed by atoms with Crippen LogP contribution in [-0.2, 0) is 11.3 Å². The summed E-state index contributed by atoms with van der Waals surface area (Å²) in [6, 6.07) is 6.18. The van der Waals surface area contributed by atoms with Crippen molar-refractivity contribution in [1.29, 1.82) is 0 Å². The number of pyridine rings is 1. The van der Waals surface area contributed by atoms with E-state index in [4.69, 9.17) is 17.0 Å². The molecule has 170 valence electrons. The molecule has 0 aliphatic carbocycles. The predicted octanol–water partition coefficient (Wildman–Crippen LogP) is 3.34. The molecule has 1 atom stereocenters. The van der Waals surface area contributed by atoms with Gasteiger partial charge < -0.3 is 24.8 Å². The molecule has 6 nitrogen and oxygen atoms in total. The summed E-state index contributed by atoms with van der Waals surface area (Å²) in [7, 11) is 0. The minimum Gasteiger partial charge on any atom is -0.376 e. The number of thiocarbonyl (C=S) groups is 1. The van der Waals surface area contributed by atoms with Crippen LogP contribution in [0, 0.1) is 13.8 Å². The Morgan fingerprint density at radius 2 is 1.97 bits per heavy atom. The third-order valence-corrected chi connectivity index (χ3v) is 6.66. The van der Waals surface area contributed by atoms with Crippen LogP contribution >= 0.6 is 12.2 Å². The quantitative estimate of drug-likeness (QED) is 0.579. The van der Waals surface area contributed by atoms with E-state index in [0.29, 0.717) is 18.2 Å². The second-order valence-electron chi connectivity index (χ2n) is 8.38. The van der Waals surface area contributed by atoms with Crippen molar-refractivity contribution in [3.8, 4) is 0 Å². The van der Waals surface area contributed by atoms with Gasteiger partial charge in [0.25, 0.3) is 5.56 Å². The molecule has 0 radical (unpaired) electrons. The van der Waals surface area contributed by atoms with E-state index < -0.39 is 0 Å². The summed E-state index contributed by atoms with van der Waals surface area (Å²) in [5, 5.41) is 5.16. The molecule has 2 N–H and O–H groups in total. The number of nitrogens with zero attached hydrogens (tertiary/aromatic N) is 2. The molecule has 0 amide bonds. The summed E-state index contributed by atoms with van der Waals surface area (Å²) in [5.74, 6) is 0. The van der Waals surface area contributed by atoms with Crippen LogP contribution in [0.5, 0.6) is 0 Å². The van der Waals surface area contributed by atoms with Gasteiger partial charge in [-0.2, -0.15) is 0 Å². The molecule has 1 aromatic carbocycles. The molecule has 1 aromatic heterocycles. The number of aromatic amines is 1. The first-order valence-corrected chi connectivity index (χ1v) is 11.8. The number of H-pyrrole nitrogens is 1. The highest BCUT2D eigenvalue weighted by atomic mass is 32.1. The third kappa shape index (κ3) is 6.05. The number of likely N-dealkylation sites (N-methyl/N-ethyl adjacent to an activating group) is 1. The Labute approximate surface area is 191 Å². The minimum absolute atomic E-state index is 0.0454. The zero-order valence-corrected chi connectivity index (χ0v) is 20.1. The lowest BCUT2D eigenvalue weighted by Gasteiger charge is -2.29. The Morgan fingerprint density at radius 3 is 2.65 bits per heavy atom. The molecule has 1 aliphatic rings. The van der Waals surface area contributed by atoms with Crippen molar-refractivity contribution in [3.05, 3.63) is 45.2 Å². The lowest BCUT2D eigenvalue weighted by Crippen LogP contribution is -2.46. The second-order valence-corrected chi connectivity index (χ2v) is 8.77. The van der Waals surface area contributed by atoms with E-state index in [9.17, 15) is 4.79 Å². The van der Waals surface area contributed by atoms with Crippen molar-refractivity contribution in [2.24, 2.45) is 0 Å². The third-order valence-electron chi connectivity index (χ3n) is 6.25. The topological polar surface area (TPSA) is 60.6 Å². The van der Waals surface area contributed by atoms with E-state index in [1.54, 1.807) is 0 Å². The van der Waals surface area contributed by atoms with Gasteiger partial charge in [-0.3, -0.25) is 4.79 Å². The summed E-state index contributed by atoms with van der Waals surface area (Å²) < 4.78 is 5.72. The van der Waals surface area contributed by atoms with Crippen molar-refractivity contribution < 1.29 is 4.74 Å². The van der Waals surface area contributed by atoms with Crippen LogP contribution in [0.2, 0.25) is 0 Å². The number of rotatable bonds is 9. The highest BCUT2D eigenvalue weighted by molar-refractivity contribution is 7.80. The number of benzene rings is 1. The zero-order valence-electron chi connectivity index (χ0n) is 19.3. The molecule has 1 aliphatic heterocycles. The average molecular weight is 445 g/mol. The molecule has 0 saturated carbocycles. The molecule has 1 saturated heterocycles. The molecule has 3 rings (SSSR count). The monoisotopic (exact) mass is 444 g/mol. The maximum Gasteiger partial charge on any atom is 0.253 e. The molecule has 31 heavy (non-hydrogen) atoms. The fourth-order valence-electron chi connectivity index (χ4n) is 4.11. The molecular formula is C24H36N4O2S. The van der Waals surface area contributed by atoms with Crippen molar-refractivity contribution in [2.45, 2.75) is 53.2 Å². The maximum atomic E-state index is 12.9. The van der Waals surface area contributed by atoms with Gasteiger partial charge in [0, 0.05) is 37.2 Å². The van der Waals surface area contributed by atoms with E-state index in [-0.39, 0.29) is 11.7 Å². The lowest BCUT2D eigenvalue weighted by molar-refractivity contribution is 0.113. The summed E-state index contributed by atoms with van der Waals surface area (Å²) in [5.41, 5.74) is 3.85. The Morgan fingerprint density at radius 1 is 1.23 bits per heavy atom. The molecule has 1 fully saturated rings. The first-order valence-electron chi connectivity index (χ1n) is 11.4. The Bertz CT molecular complexity index is 948. The molecule has 0 spiro atoms. The number of aromatic nitrogens is 1. The Balaban J connectivity index is 1.80. The summed E-state index contributed by atoms with van der Waals surface area (Å²) in [6.45, 7) is 14.1. The highest BCUT2D eigenvalue weighted by Crippen LogP contribution is 2.20. The van der Waals surface area contributed by atoms with Gasteiger partial charge in [0.2, 0.25) is 0 Å². The van der Waals surface area contributed by atoms with E-state index in [1.165, 1.54) is 0 Å². The van der Waals surface area contributed by atoms with Crippen molar-refractivity contribution in [3.63, 3.8) is 0 Å². The second kappa shape index (κ2) is 11.1. The van der Waals surface area contributed by atoms with E-state index >= 15 is 0 Å². The van der Waals surface area contributed by atoms with Gasteiger partial charge in [0.15, 0.2) is 5.11 Å². The lowest BCUT2D eigenvalue weighted by atomic mass is 10.0. The van der Waals surface area contributed by atoms with Gasteiger partial charge in [-0.15, -0.1) is 0 Å². The largest absolute Gasteiger partial charge is 0.376 e. The van der Waals surface area contributed by atoms with Gasteiger partial charge in [-0.05, 0) is 69.2 Å². The van der Waals surface area contributed by atoms with Crippen LogP contribution in [0.3, 0.4) is 0 Å². The van der Waals surface area contributed by atoms with Crippen molar-refractivity contribution in [2.75, 3.05) is 39.3 Å². The molecule has 1 unspecified atom stereocenters. The number of hydrogen-bond donors (Lipinski definition) is 2. The minimum atomic E-state index is -0.0454. The zero-order chi connectivity index (χ0) is 22.4. The van der Waals surface area contributed by atoms with Crippen molar-refractivity contribution >= 4 is 28.2 Å². The van der Waals surface area contributed by atoms with Crippen LogP contribution in [0.1, 0.15) is 43.4 Å². The van der Waals surface area contributed by atoms with Crippen LogP contribution in [0.25, 0.3) is 10.9 Å². The number of hydrogen-bond acceptors (Lipinski definition) is 4. The van der Waals surface area contributed by atoms with Gasteiger partial charge in [0.1, 0.15) is 0 Å². The summed E-state index contributed by atoms with van der Waals surface area (Å²) >= 11 is 5.75. The van der Waals surface area contributed by atoms with Gasteiger partial charge in [-0.1, -0.05) is 26.0 Å². The first-order chi connectivity index (χ1) is 14.9. The fraction of sp³-hybridized carbons (Fsp3) is 0.583. The van der Waals surface area contributed by atoms with Crippen molar-refractivity contribution in [1.82, 2.24) is 20.1 Å². The van der Waals surface area contributed by atoms with Crippen LogP contribution in [0.4, 0.5) is 0 Å². The SMILES string of the molecule is CCN(CC)CCN(Cc1cc2c(C)ccc(C)c2[nH]c1=O)C(=S)NCC1CCCO1. The van der Waals surface area contributed by atoms with Crippen LogP contribution in [0.15, 0.2) is 23.0 Å². The smallest absolute Gasteiger partial charge is 0.253 e. The van der Waals surface area contributed by atoms with E-state index in [2.05, 4.69) is 46.9 Å². The van der Waals surface area contributed by atoms with Gasteiger partial charge >= 0.3 is 0 Å². The molecule has 2 heterocycles.